The monoisotopic (exact) mass is 540 g/mol. The number of thioether (sulfide) groups is 1. The molecule has 0 aliphatic carbocycles. The minimum atomic E-state index is -0.344. The second-order valence-electron chi connectivity index (χ2n) is 8.99. The van der Waals surface area contributed by atoms with Gasteiger partial charge in [0.05, 0.1) is 26.0 Å². The average Bonchev–Trinajstić information content (AvgIpc) is 3.46. The Hall–Kier alpha value is -3.34. The molecule has 3 aromatic rings. The van der Waals surface area contributed by atoms with Crippen LogP contribution in [0, 0.1) is 5.82 Å². The van der Waals surface area contributed by atoms with Gasteiger partial charge in [-0.15, -0.1) is 11.8 Å². The number of hydrogen-bond acceptors (Lipinski definition) is 6. The highest BCUT2D eigenvalue weighted by Gasteiger charge is 2.24. The molecule has 0 bridgehead atoms. The molecule has 0 spiro atoms. The van der Waals surface area contributed by atoms with Crippen molar-refractivity contribution in [1.82, 2.24) is 14.7 Å². The molecule has 1 aromatic heterocycles. The fourth-order valence-electron chi connectivity index (χ4n) is 4.11. The molecule has 2 heterocycles. The van der Waals surface area contributed by atoms with E-state index in [0.29, 0.717) is 37.8 Å². The van der Waals surface area contributed by atoms with E-state index in [2.05, 4.69) is 10.2 Å². The van der Waals surface area contributed by atoms with Crippen LogP contribution in [0.3, 0.4) is 0 Å². The third-order valence-electron chi connectivity index (χ3n) is 6.31. The van der Waals surface area contributed by atoms with E-state index in [1.165, 1.54) is 12.1 Å². The molecule has 8 nitrogen and oxygen atoms in total. The number of halogens is 1. The number of morpholine rings is 1. The van der Waals surface area contributed by atoms with Gasteiger partial charge >= 0.3 is 6.03 Å². The molecule has 2 aromatic carbocycles. The Bertz CT molecular complexity index is 1150. The third-order valence-corrected chi connectivity index (χ3v) is 7.05. The van der Waals surface area contributed by atoms with Crippen LogP contribution >= 0.6 is 11.8 Å². The zero-order valence-electron chi connectivity index (χ0n) is 21.5. The van der Waals surface area contributed by atoms with E-state index in [4.69, 9.17) is 9.15 Å². The lowest BCUT2D eigenvalue weighted by Crippen LogP contribution is -2.48. The number of anilines is 1. The topological polar surface area (TPSA) is 78.3 Å². The summed E-state index contributed by atoms with van der Waals surface area (Å²) in [4.78, 5) is 33.4. The number of hydrogen-bond donors (Lipinski definition) is 1. The zero-order valence-corrected chi connectivity index (χ0v) is 22.3. The van der Waals surface area contributed by atoms with Crippen LogP contribution in [0.1, 0.15) is 11.3 Å². The van der Waals surface area contributed by atoms with Crippen LogP contribution in [0.5, 0.6) is 0 Å². The van der Waals surface area contributed by atoms with E-state index >= 15 is 0 Å². The van der Waals surface area contributed by atoms with Crippen LogP contribution in [-0.4, -0.2) is 78.8 Å². The second-order valence-corrected chi connectivity index (χ2v) is 9.87. The molecule has 1 saturated heterocycles. The van der Waals surface area contributed by atoms with Gasteiger partial charge in [-0.3, -0.25) is 9.69 Å². The Kier molecular flexibility index (Phi) is 10.2. The normalized spacial score (nSPS) is 13.7. The van der Waals surface area contributed by atoms with Crippen LogP contribution < -0.4 is 5.32 Å². The fraction of sp³-hybridized carbons (Fsp3) is 0.357. The minimum absolute atomic E-state index is 0.110. The van der Waals surface area contributed by atoms with Crippen LogP contribution in [0.4, 0.5) is 14.9 Å². The second kappa shape index (κ2) is 14.0. The highest BCUT2D eigenvalue weighted by Crippen LogP contribution is 2.18. The van der Waals surface area contributed by atoms with Gasteiger partial charge < -0.3 is 24.3 Å². The Morgan fingerprint density at radius 3 is 2.39 bits per heavy atom. The van der Waals surface area contributed by atoms with E-state index in [-0.39, 0.29) is 37.4 Å². The zero-order chi connectivity index (χ0) is 26.7. The van der Waals surface area contributed by atoms with Crippen molar-refractivity contribution in [1.29, 1.82) is 0 Å². The molecule has 202 valence electrons. The summed E-state index contributed by atoms with van der Waals surface area (Å²) in [7, 11) is 0. The van der Waals surface area contributed by atoms with Gasteiger partial charge in [-0.2, -0.15) is 0 Å². The molecule has 38 heavy (non-hydrogen) atoms. The summed E-state index contributed by atoms with van der Waals surface area (Å²) in [5, 5.41) is 2.93. The van der Waals surface area contributed by atoms with E-state index in [1.807, 2.05) is 30.5 Å². The number of nitrogens with one attached hydrogen (secondary N) is 1. The molecular weight excluding hydrogens is 507 g/mol. The van der Waals surface area contributed by atoms with E-state index < -0.39 is 0 Å². The highest BCUT2D eigenvalue weighted by molar-refractivity contribution is 7.98. The Morgan fingerprint density at radius 1 is 1.00 bits per heavy atom. The molecule has 1 fully saturated rings. The summed E-state index contributed by atoms with van der Waals surface area (Å²) in [5.41, 5.74) is 1.44. The van der Waals surface area contributed by atoms with Crippen molar-refractivity contribution >= 4 is 29.4 Å². The van der Waals surface area contributed by atoms with Gasteiger partial charge in [0.25, 0.3) is 0 Å². The summed E-state index contributed by atoms with van der Waals surface area (Å²) in [5.74, 6) is 0.0495. The molecule has 1 N–H and O–H groups in total. The lowest BCUT2D eigenvalue weighted by Gasteiger charge is -2.31. The molecule has 3 amide bonds. The van der Waals surface area contributed by atoms with Crippen molar-refractivity contribution < 1.29 is 23.1 Å². The Morgan fingerprint density at radius 2 is 1.74 bits per heavy atom. The standard InChI is InChI=1S/C28H33FN4O4S/c1-38-26-10-8-24(9-11-26)30-28(35)32(13-12-31-14-17-36-18-15-31)21-27(34)33(20-25-3-2-16-37-25)19-22-4-6-23(29)7-5-22/h2-11,16H,12-15,17-21H2,1H3,(H,30,35). The maximum Gasteiger partial charge on any atom is 0.322 e. The van der Waals surface area contributed by atoms with E-state index in [1.54, 1.807) is 52.1 Å². The number of rotatable bonds is 11. The molecule has 0 atom stereocenters. The number of furan rings is 1. The van der Waals surface area contributed by atoms with Crippen LogP contribution in [0.15, 0.2) is 76.2 Å². The van der Waals surface area contributed by atoms with Crippen LogP contribution in [-0.2, 0) is 22.6 Å². The number of carbonyl (C=O) groups is 2. The van der Waals surface area contributed by atoms with Crippen molar-refractivity contribution in [3.8, 4) is 0 Å². The SMILES string of the molecule is CSc1ccc(NC(=O)N(CCN2CCOCC2)CC(=O)N(Cc2ccc(F)cc2)Cc2ccco2)cc1. The van der Waals surface area contributed by atoms with Gasteiger partial charge in [0, 0.05) is 43.3 Å². The largest absolute Gasteiger partial charge is 0.467 e. The maximum atomic E-state index is 13.6. The van der Waals surface area contributed by atoms with Crippen molar-refractivity contribution in [3.05, 3.63) is 84.1 Å². The van der Waals surface area contributed by atoms with Crippen molar-refractivity contribution in [2.75, 3.05) is 57.5 Å². The first-order valence-electron chi connectivity index (χ1n) is 12.5. The summed E-state index contributed by atoms with van der Waals surface area (Å²) < 4.78 is 24.4. The molecule has 1 aliphatic rings. The number of ether oxygens (including phenoxy) is 1. The predicted molar refractivity (Wildman–Crippen MR) is 145 cm³/mol. The first kappa shape index (κ1) is 27.7. The molecule has 10 heteroatoms. The van der Waals surface area contributed by atoms with E-state index in [9.17, 15) is 14.0 Å². The fourth-order valence-corrected chi connectivity index (χ4v) is 4.52. The van der Waals surface area contributed by atoms with Gasteiger partial charge in [0.2, 0.25) is 5.91 Å². The van der Waals surface area contributed by atoms with Gasteiger partial charge in [0.15, 0.2) is 0 Å². The summed E-state index contributed by atoms with van der Waals surface area (Å²) in [6.45, 7) is 4.28. The average molecular weight is 541 g/mol. The number of benzene rings is 2. The van der Waals surface area contributed by atoms with Gasteiger partial charge in [-0.25, -0.2) is 9.18 Å². The van der Waals surface area contributed by atoms with Crippen molar-refractivity contribution in [2.24, 2.45) is 0 Å². The van der Waals surface area contributed by atoms with Crippen molar-refractivity contribution in [2.45, 2.75) is 18.0 Å². The first-order chi connectivity index (χ1) is 18.5. The number of nitrogens with zero attached hydrogens (tertiary/aromatic N) is 3. The number of amides is 3. The summed E-state index contributed by atoms with van der Waals surface area (Å²) in [6.07, 6.45) is 3.55. The molecule has 0 unspecified atom stereocenters. The quantitative estimate of drug-likeness (QED) is 0.360. The Balaban J connectivity index is 1.48. The predicted octanol–water partition coefficient (Wildman–Crippen LogP) is 4.54. The molecule has 0 saturated carbocycles. The lowest BCUT2D eigenvalue weighted by atomic mass is 10.2. The molecule has 4 rings (SSSR count). The lowest BCUT2D eigenvalue weighted by molar-refractivity contribution is -0.133. The minimum Gasteiger partial charge on any atom is -0.467 e. The Labute approximate surface area is 226 Å². The summed E-state index contributed by atoms with van der Waals surface area (Å²) >= 11 is 1.62. The van der Waals surface area contributed by atoms with Crippen LogP contribution in [0.25, 0.3) is 0 Å². The molecule has 1 aliphatic heterocycles. The summed E-state index contributed by atoms with van der Waals surface area (Å²) in [6, 6.07) is 16.8. The van der Waals surface area contributed by atoms with Crippen LogP contribution in [0.2, 0.25) is 0 Å². The molecular formula is C28H33FN4O4S. The van der Waals surface area contributed by atoms with Gasteiger partial charge in [-0.05, 0) is 60.4 Å². The maximum absolute atomic E-state index is 13.6. The smallest absolute Gasteiger partial charge is 0.322 e. The van der Waals surface area contributed by atoms with Gasteiger partial charge in [0.1, 0.15) is 18.1 Å². The highest BCUT2D eigenvalue weighted by atomic mass is 32.2. The number of carbonyl (C=O) groups excluding carboxylic acids is 2. The molecule has 0 radical (unpaired) electrons. The third kappa shape index (κ3) is 8.34. The van der Waals surface area contributed by atoms with Crippen molar-refractivity contribution in [3.63, 3.8) is 0 Å². The van der Waals surface area contributed by atoms with Gasteiger partial charge in [-0.1, -0.05) is 12.1 Å². The number of urea groups is 1. The first-order valence-corrected chi connectivity index (χ1v) is 13.8. The van der Waals surface area contributed by atoms with E-state index in [0.717, 1.165) is 23.5 Å².